The Labute approximate surface area is 195 Å². The zero-order valence-corrected chi connectivity index (χ0v) is 19.4. The Morgan fingerprint density at radius 1 is 0.909 bits per heavy atom. The Kier molecular flexibility index (Phi) is 6.44. The van der Waals surface area contributed by atoms with E-state index in [4.69, 9.17) is 9.47 Å². The van der Waals surface area contributed by atoms with Crippen LogP contribution in [0.4, 0.5) is 5.69 Å². The second kappa shape index (κ2) is 9.79. The van der Waals surface area contributed by atoms with Gasteiger partial charge in [0, 0.05) is 37.4 Å². The molecule has 8 nitrogen and oxygen atoms in total. The first-order chi connectivity index (χ1) is 16.3. The van der Waals surface area contributed by atoms with Gasteiger partial charge in [0.15, 0.2) is 5.82 Å². The highest BCUT2D eigenvalue weighted by Crippen LogP contribution is 2.39. The largest absolute Gasteiger partial charge is 0.497 e. The molecule has 0 amide bonds. The number of hydrogen-bond donors (Lipinski definition) is 0. The standard InChI is InChI=1S/C25H32N6O2/c1-32-21-12-13-23(33-2)22(18-21)24(25-26-27-28-31(25)20-10-6-7-11-20)30-16-14-29(15-17-30)19-8-4-3-5-9-19/h3-5,8-9,12-13,18,20,24H,6-7,10-11,14-17H2,1-2H3/t24-/m1/s1. The molecule has 1 atom stereocenters. The molecule has 2 aliphatic rings. The number of ether oxygens (including phenoxy) is 2. The predicted molar refractivity (Wildman–Crippen MR) is 127 cm³/mol. The summed E-state index contributed by atoms with van der Waals surface area (Å²) in [6, 6.07) is 16.9. The summed E-state index contributed by atoms with van der Waals surface area (Å²) in [5.41, 5.74) is 2.31. The Morgan fingerprint density at radius 3 is 2.36 bits per heavy atom. The summed E-state index contributed by atoms with van der Waals surface area (Å²) in [4.78, 5) is 4.92. The number of rotatable bonds is 7. The molecule has 33 heavy (non-hydrogen) atoms. The van der Waals surface area contributed by atoms with Crippen molar-refractivity contribution in [1.29, 1.82) is 0 Å². The Bertz CT molecular complexity index is 1040. The Morgan fingerprint density at radius 2 is 1.67 bits per heavy atom. The monoisotopic (exact) mass is 448 g/mol. The summed E-state index contributed by atoms with van der Waals surface area (Å²) in [6.45, 7) is 3.69. The number of benzene rings is 2. The molecule has 2 aromatic carbocycles. The average Bonchev–Trinajstić information content (AvgIpc) is 3.57. The molecular weight excluding hydrogens is 416 g/mol. The quantitative estimate of drug-likeness (QED) is 0.546. The molecular formula is C25H32N6O2. The van der Waals surface area contributed by atoms with Gasteiger partial charge in [0.2, 0.25) is 0 Å². The molecule has 1 saturated heterocycles. The van der Waals surface area contributed by atoms with Crippen LogP contribution in [-0.4, -0.2) is 65.5 Å². The minimum Gasteiger partial charge on any atom is -0.497 e. The molecule has 5 rings (SSSR count). The van der Waals surface area contributed by atoms with Gasteiger partial charge >= 0.3 is 0 Å². The van der Waals surface area contributed by atoms with E-state index < -0.39 is 0 Å². The van der Waals surface area contributed by atoms with Crippen LogP contribution in [0.15, 0.2) is 48.5 Å². The molecule has 0 radical (unpaired) electrons. The van der Waals surface area contributed by atoms with Crippen LogP contribution in [0.2, 0.25) is 0 Å². The SMILES string of the molecule is COc1ccc(OC)c([C@H](c2nnnn2C2CCCC2)N2CCN(c3ccccc3)CC2)c1. The number of hydrogen-bond acceptors (Lipinski definition) is 7. The number of aromatic nitrogens is 4. The van der Waals surface area contributed by atoms with E-state index in [2.05, 4.69) is 66.4 Å². The number of nitrogens with zero attached hydrogens (tertiary/aromatic N) is 6. The van der Waals surface area contributed by atoms with E-state index in [1.165, 1.54) is 18.5 Å². The van der Waals surface area contributed by atoms with Gasteiger partial charge in [-0.05, 0) is 53.6 Å². The lowest BCUT2D eigenvalue weighted by Crippen LogP contribution is -2.48. The molecule has 0 bridgehead atoms. The maximum atomic E-state index is 5.80. The number of tetrazole rings is 1. The predicted octanol–water partition coefficient (Wildman–Crippen LogP) is 3.72. The van der Waals surface area contributed by atoms with Crippen molar-refractivity contribution in [1.82, 2.24) is 25.1 Å². The summed E-state index contributed by atoms with van der Waals surface area (Å²) >= 11 is 0. The van der Waals surface area contributed by atoms with Crippen molar-refractivity contribution in [2.24, 2.45) is 0 Å². The van der Waals surface area contributed by atoms with E-state index in [1.54, 1.807) is 14.2 Å². The van der Waals surface area contributed by atoms with Crippen LogP contribution in [0.25, 0.3) is 0 Å². The second-order valence-corrected chi connectivity index (χ2v) is 8.79. The zero-order valence-electron chi connectivity index (χ0n) is 19.4. The lowest BCUT2D eigenvalue weighted by atomic mass is 10.0. The molecule has 3 aromatic rings. The van der Waals surface area contributed by atoms with Gasteiger partial charge in [-0.3, -0.25) is 4.90 Å². The summed E-state index contributed by atoms with van der Waals surface area (Å²) < 4.78 is 13.4. The number of piperazine rings is 1. The molecule has 0 spiro atoms. The fourth-order valence-electron chi connectivity index (χ4n) is 5.22. The maximum absolute atomic E-state index is 5.80. The van der Waals surface area contributed by atoms with Gasteiger partial charge in [-0.1, -0.05) is 31.0 Å². The minimum atomic E-state index is -0.108. The second-order valence-electron chi connectivity index (χ2n) is 8.79. The third-order valence-corrected chi connectivity index (χ3v) is 6.97. The molecule has 2 fully saturated rings. The van der Waals surface area contributed by atoms with Gasteiger partial charge in [-0.25, -0.2) is 4.68 Å². The van der Waals surface area contributed by atoms with Crippen molar-refractivity contribution in [3.63, 3.8) is 0 Å². The van der Waals surface area contributed by atoms with Gasteiger partial charge in [-0.2, -0.15) is 0 Å². The summed E-state index contributed by atoms with van der Waals surface area (Å²) in [5, 5.41) is 13.1. The first-order valence-electron chi connectivity index (χ1n) is 11.8. The summed E-state index contributed by atoms with van der Waals surface area (Å²) in [7, 11) is 3.41. The number of anilines is 1. The highest BCUT2D eigenvalue weighted by Gasteiger charge is 2.35. The average molecular weight is 449 g/mol. The van der Waals surface area contributed by atoms with Gasteiger partial charge in [-0.15, -0.1) is 5.10 Å². The van der Waals surface area contributed by atoms with E-state index in [0.29, 0.717) is 6.04 Å². The highest BCUT2D eigenvalue weighted by atomic mass is 16.5. The van der Waals surface area contributed by atoms with Crippen LogP contribution in [-0.2, 0) is 0 Å². The van der Waals surface area contributed by atoms with E-state index in [-0.39, 0.29) is 6.04 Å². The molecule has 2 heterocycles. The van der Waals surface area contributed by atoms with Crippen LogP contribution in [0.3, 0.4) is 0 Å². The fourth-order valence-corrected chi connectivity index (χ4v) is 5.22. The molecule has 1 aliphatic heterocycles. The normalized spacial score (nSPS) is 18.4. The highest BCUT2D eigenvalue weighted by molar-refractivity contribution is 5.47. The minimum absolute atomic E-state index is 0.108. The van der Waals surface area contributed by atoms with Crippen LogP contribution >= 0.6 is 0 Å². The lowest BCUT2D eigenvalue weighted by molar-refractivity contribution is 0.194. The maximum Gasteiger partial charge on any atom is 0.173 e. The van der Waals surface area contributed by atoms with Crippen LogP contribution < -0.4 is 14.4 Å². The van der Waals surface area contributed by atoms with Gasteiger partial charge in [0.05, 0.1) is 20.3 Å². The lowest BCUT2D eigenvalue weighted by Gasteiger charge is -2.40. The van der Waals surface area contributed by atoms with Crippen LogP contribution in [0.1, 0.15) is 49.2 Å². The van der Waals surface area contributed by atoms with E-state index in [1.807, 2.05) is 12.1 Å². The smallest absolute Gasteiger partial charge is 0.173 e. The Hall–Kier alpha value is -3.13. The first kappa shape index (κ1) is 21.7. The fraction of sp³-hybridized carbons (Fsp3) is 0.480. The topological polar surface area (TPSA) is 68.5 Å². The third kappa shape index (κ3) is 4.39. The molecule has 174 valence electrons. The van der Waals surface area contributed by atoms with Crippen molar-refractivity contribution in [3.05, 3.63) is 59.9 Å². The molecule has 1 aliphatic carbocycles. The first-order valence-corrected chi connectivity index (χ1v) is 11.8. The summed E-state index contributed by atoms with van der Waals surface area (Å²) in [6.07, 6.45) is 4.71. The number of methoxy groups -OCH3 is 2. The molecule has 1 saturated carbocycles. The zero-order chi connectivity index (χ0) is 22.6. The van der Waals surface area contributed by atoms with E-state index >= 15 is 0 Å². The van der Waals surface area contributed by atoms with E-state index in [0.717, 1.165) is 61.9 Å². The van der Waals surface area contributed by atoms with Gasteiger partial charge in [0.1, 0.15) is 17.5 Å². The van der Waals surface area contributed by atoms with Crippen molar-refractivity contribution in [2.45, 2.75) is 37.8 Å². The molecule has 0 N–H and O–H groups in total. The summed E-state index contributed by atoms with van der Waals surface area (Å²) in [5.74, 6) is 2.52. The van der Waals surface area contributed by atoms with Crippen LogP contribution in [0.5, 0.6) is 11.5 Å². The van der Waals surface area contributed by atoms with Crippen molar-refractivity contribution >= 4 is 5.69 Å². The van der Waals surface area contributed by atoms with Crippen molar-refractivity contribution in [3.8, 4) is 11.5 Å². The van der Waals surface area contributed by atoms with Gasteiger partial charge < -0.3 is 14.4 Å². The molecule has 0 unspecified atom stereocenters. The molecule has 8 heteroatoms. The van der Waals surface area contributed by atoms with E-state index in [9.17, 15) is 0 Å². The van der Waals surface area contributed by atoms with Gasteiger partial charge in [0.25, 0.3) is 0 Å². The third-order valence-electron chi connectivity index (χ3n) is 6.97. The van der Waals surface area contributed by atoms with Crippen molar-refractivity contribution in [2.75, 3.05) is 45.3 Å². The molecule has 1 aromatic heterocycles. The Balaban J connectivity index is 1.50. The van der Waals surface area contributed by atoms with Crippen LogP contribution in [0, 0.1) is 0 Å². The number of para-hydroxylation sites is 1. The van der Waals surface area contributed by atoms with Crippen molar-refractivity contribution < 1.29 is 9.47 Å².